The summed E-state index contributed by atoms with van der Waals surface area (Å²) >= 11 is 0. The first-order chi connectivity index (χ1) is 6.80. The van der Waals surface area contributed by atoms with Crippen LogP contribution in [-0.2, 0) is 5.60 Å². The van der Waals surface area contributed by atoms with E-state index in [4.69, 9.17) is 0 Å². The molecule has 0 bridgehead atoms. The van der Waals surface area contributed by atoms with E-state index in [1.807, 2.05) is 6.07 Å². The van der Waals surface area contributed by atoms with Gasteiger partial charge in [-0.3, -0.25) is 0 Å². The second-order valence-corrected chi connectivity index (χ2v) is 4.26. The summed E-state index contributed by atoms with van der Waals surface area (Å²) in [6, 6.07) is 8.83. The summed E-state index contributed by atoms with van der Waals surface area (Å²) in [5.41, 5.74) is -2.49. The molecule has 0 aliphatic rings. The smallest absolute Gasteiger partial charge is 0.120 e. The van der Waals surface area contributed by atoms with Gasteiger partial charge in [-0.1, -0.05) is 30.3 Å². The second-order valence-electron chi connectivity index (χ2n) is 4.26. The Morgan fingerprint density at radius 2 is 1.53 bits per heavy atom. The van der Waals surface area contributed by atoms with Crippen molar-refractivity contribution >= 4 is 0 Å². The summed E-state index contributed by atoms with van der Waals surface area (Å²) in [4.78, 5) is 0. The highest BCUT2D eigenvalue weighted by molar-refractivity contribution is 5.25. The normalized spacial score (nSPS) is 21.5. The number of hydrogen-bond acceptors (Lipinski definition) is 3. The van der Waals surface area contributed by atoms with Gasteiger partial charge in [0.15, 0.2) is 0 Å². The lowest BCUT2D eigenvalue weighted by atomic mass is 9.77. The van der Waals surface area contributed by atoms with Gasteiger partial charge < -0.3 is 15.3 Å². The third-order valence-electron chi connectivity index (χ3n) is 3.13. The lowest BCUT2D eigenvalue weighted by Crippen LogP contribution is -2.54. The molecule has 1 rings (SSSR count). The van der Waals surface area contributed by atoms with E-state index in [0.29, 0.717) is 5.56 Å². The monoisotopic (exact) mass is 210 g/mol. The Morgan fingerprint density at radius 1 is 1.07 bits per heavy atom. The molecular formula is C12H18O3. The summed E-state index contributed by atoms with van der Waals surface area (Å²) in [5.74, 6) is 0. The molecular weight excluding hydrogens is 192 g/mol. The number of hydrogen-bond donors (Lipinski definition) is 3. The first-order valence-electron chi connectivity index (χ1n) is 4.98. The molecule has 84 valence electrons. The van der Waals surface area contributed by atoms with Crippen LogP contribution < -0.4 is 0 Å². The van der Waals surface area contributed by atoms with Gasteiger partial charge in [0.05, 0.1) is 6.10 Å². The van der Waals surface area contributed by atoms with Gasteiger partial charge in [0.1, 0.15) is 11.2 Å². The highest BCUT2D eigenvalue weighted by atomic mass is 16.4. The Morgan fingerprint density at radius 3 is 1.93 bits per heavy atom. The van der Waals surface area contributed by atoms with Crippen LogP contribution in [0.15, 0.2) is 30.3 Å². The van der Waals surface area contributed by atoms with Crippen molar-refractivity contribution < 1.29 is 15.3 Å². The van der Waals surface area contributed by atoms with Crippen LogP contribution in [0.3, 0.4) is 0 Å². The fraction of sp³-hybridized carbons (Fsp3) is 0.500. The zero-order chi connectivity index (χ0) is 11.7. The molecule has 0 amide bonds. The van der Waals surface area contributed by atoms with Gasteiger partial charge in [-0.25, -0.2) is 0 Å². The highest BCUT2D eigenvalue weighted by Crippen LogP contribution is 2.34. The molecule has 0 radical (unpaired) electrons. The number of aliphatic hydroxyl groups excluding tert-OH is 1. The molecule has 0 spiro atoms. The maximum atomic E-state index is 10.3. The maximum absolute atomic E-state index is 10.3. The number of benzene rings is 1. The lowest BCUT2D eigenvalue weighted by Gasteiger charge is -2.40. The van der Waals surface area contributed by atoms with E-state index in [1.165, 1.54) is 20.8 Å². The van der Waals surface area contributed by atoms with E-state index >= 15 is 0 Å². The summed E-state index contributed by atoms with van der Waals surface area (Å²) < 4.78 is 0. The van der Waals surface area contributed by atoms with E-state index in [0.717, 1.165) is 0 Å². The Hall–Kier alpha value is -0.900. The lowest BCUT2D eigenvalue weighted by molar-refractivity contribution is -0.185. The Kier molecular flexibility index (Phi) is 3.19. The van der Waals surface area contributed by atoms with Crippen molar-refractivity contribution in [2.24, 2.45) is 0 Å². The van der Waals surface area contributed by atoms with E-state index < -0.39 is 17.3 Å². The van der Waals surface area contributed by atoms with Crippen LogP contribution in [0.5, 0.6) is 0 Å². The first kappa shape index (κ1) is 12.2. The fourth-order valence-electron chi connectivity index (χ4n) is 1.46. The van der Waals surface area contributed by atoms with E-state index in [9.17, 15) is 15.3 Å². The minimum atomic E-state index is -1.59. The predicted molar refractivity (Wildman–Crippen MR) is 58.3 cm³/mol. The molecule has 3 atom stereocenters. The zero-order valence-electron chi connectivity index (χ0n) is 9.31. The van der Waals surface area contributed by atoms with Crippen molar-refractivity contribution in [1.29, 1.82) is 0 Å². The Bertz CT molecular complexity index is 315. The van der Waals surface area contributed by atoms with Gasteiger partial charge in [0.2, 0.25) is 0 Å². The molecule has 0 fully saturated rings. The minimum absolute atomic E-state index is 0.580. The van der Waals surface area contributed by atoms with Crippen LogP contribution in [0.2, 0.25) is 0 Å². The van der Waals surface area contributed by atoms with Gasteiger partial charge in [-0.15, -0.1) is 0 Å². The molecule has 0 saturated carbocycles. The minimum Gasteiger partial charge on any atom is -0.390 e. The SMILES string of the molecule is CC(O)C(C)(O)C(C)(O)c1ccccc1. The predicted octanol–water partition coefficient (Wildman–Crippen LogP) is 1.03. The number of rotatable bonds is 3. The molecule has 0 aliphatic heterocycles. The molecule has 3 nitrogen and oxygen atoms in total. The van der Waals surface area contributed by atoms with E-state index in [2.05, 4.69) is 0 Å². The topological polar surface area (TPSA) is 60.7 Å². The highest BCUT2D eigenvalue weighted by Gasteiger charge is 2.46. The van der Waals surface area contributed by atoms with Crippen LogP contribution in [0.4, 0.5) is 0 Å². The maximum Gasteiger partial charge on any atom is 0.120 e. The van der Waals surface area contributed by atoms with Crippen molar-refractivity contribution in [3.05, 3.63) is 35.9 Å². The van der Waals surface area contributed by atoms with Crippen molar-refractivity contribution in [1.82, 2.24) is 0 Å². The standard InChI is InChI=1S/C12H18O3/c1-9(13)11(2,14)12(3,15)10-7-5-4-6-8-10/h4-9,13-15H,1-3H3. The third-order valence-corrected chi connectivity index (χ3v) is 3.13. The quantitative estimate of drug-likeness (QED) is 0.698. The van der Waals surface area contributed by atoms with E-state index in [-0.39, 0.29) is 0 Å². The molecule has 0 heterocycles. The van der Waals surface area contributed by atoms with Gasteiger partial charge >= 0.3 is 0 Å². The molecule has 3 heteroatoms. The van der Waals surface area contributed by atoms with Crippen LogP contribution in [0.1, 0.15) is 26.3 Å². The van der Waals surface area contributed by atoms with Crippen LogP contribution in [0.25, 0.3) is 0 Å². The molecule has 15 heavy (non-hydrogen) atoms. The number of aliphatic hydroxyl groups is 3. The summed E-state index contributed by atoms with van der Waals surface area (Å²) in [6.07, 6.45) is -1.02. The third kappa shape index (κ3) is 2.04. The van der Waals surface area contributed by atoms with Crippen molar-refractivity contribution in [3.8, 4) is 0 Å². The summed E-state index contributed by atoms with van der Waals surface area (Å²) in [5, 5.41) is 29.8. The van der Waals surface area contributed by atoms with E-state index in [1.54, 1.807) is 24.3 Å². The zero-order valence-corrected chi connectivity index (χ0v) is 9.31. The van der Waals surface area contributed by atoms with Crippen molar-refractivity contribution in [3.63, 3.8) is 0 Å². The average Bonchev–Trinajstić information content (AvgIpc) is 2.18. The van der Waals surface area contributed by atoms with Crippen LogP contribution in [0, 0.1) is 0 Å². The molecule has 1 aromatic rings. The summed E-state index contributed by atoms with van der Waals surface area (Å²) in [6.45, 7) is 4.37. The van der Waals surface area contributed by atoms with Crippen LogP contribution >= 0.6 is 0 Å². The van der Waals surface area contributed by atoms with Gasteiger partial charge in [-0.2, -0.15) is 0 Å². The van der Waals surface area contributed by atoms with Gasteiger partial charge in [0.25, 0.3) is 0 Å². The molecule has 3 unspecified atom stereocenters. The molecule has 3 N–H and O–H groups in total. The largest absolute Gasteiger partial charge is 0.390 e. The van der Waals surface area contributed by atoms with Gasteiger partial charge in [0, 0.05) is 0 Å². The first-order valence-corrected chi connectivity index (χ1v) is 4.98. The van der Waals surface area contributed by atoms with Crippen molar-refractivity contribution in [2.75, 3.05) is 0 Å². The summed E-state index contributed by atoms with van der Waals surface area (Å²) in [7, 11) is 0. The average molecular weight is 210 g/mol. The fourth-order valence-corrected chi connectivity index (χ4v) is 1.46. The van der Waals surface area contributed by atoms with Gasteiger partial charge in [-0.05, 0) is 26.3 Å². The van der Waals surface area contributed by atoms with Crippen LogP contribution in [-0.4, -0.2) is 27.0 Å². The molecule has 0 aromatic heterocycles. The molecule has 1 aromatic carbocycles. The second kappa shape index (κ2) is 3.93. The molecule has 0 saturated heterocycles. The Balaban J connectivity index is 3.13. The Labute approximate surface area is 90.0 Å². The van der Waals surface area contributed by atoms with Crippen molar-refractivity contribution in [2.45, 2.75) is 38.1 Å². The molecule has 0 aliphatic carbocycles.